The van der Waals surface area contributed by atoms with Crippen molar-refractivity contribution < 1.29 is 9.72 Å². The van der Waals surface area contributed by atoms with Crippen molar-refractivity contribution in [3.63, 3.8) is 0 Å². The van der Waals surface area contributed by atoms with Gasteiger partial charge in [0, 0.05) is 40.7 Å². The summed E-state index contributed by atoms with van der Waals surface area (Å²) in [5, 5.41) is 14.3. The predicted molar refractivity (Wildman–Crippen MR) is 112 cm³/mol. The van der Waals surface area contributed by atoms with Crippen molar-refractivity contribution in [2.24, 2.45) is 0 Å². The van der Waals surface area contributed by atoms with Crippen LogP contribution in [0.25, 0.3) is 6.08 Å². The summed E-state index contributed by atoms with van der Waals surface area (Å²) < 4.78 is 0.989. The molecular weight excluding hydrogens is 422 g/mol. The van der Waals surface area contributed by atoms with E-state index in [0.29, 0.717) is 13.0 Å². The fourth-order valence-electron chi connectivity index (χ4n) is 4.28. The van der Waals surface area contributed by atoms with Gasteiger partial charge in [0.05, 0.1) is 4.92 Å². The van der Waals surface area contributed by atoms with E-state index in [9.17, 15) is 14.9 Å². The van der Waals surface area contributed by atoms with Gasteiger partial charge in [0.15, 0.2) is 0 Å². The molecule has 144 valence electrons. The summed E-state index contributed by atoms with van der Waals surface area (Å²) in [6.07, 6.45) is 4.25. The zero-order valence-electron chi connectivity index (χ0n) is 15.6. The van der Waals surface area contributed by atoms with Crippen molar-refractivity contribution in [3.8, 4) is 0 Å². The number of benzene rings is 2. The smallest absolute Gasteiger partial charge is 0.270 e. The van der Waals surface area contributed by atoms with Crippen molar-refractivity contribution in [2.45, 2.75) is 31.3 Å². The Kier molecular flexibility index (Phi) is 4.30. The Morgan fingerprint density at radius 1 is 1.25 bits per heavy atom. The molecule has 0 aliphatic carbocycles. The normalized spacial score (nSPS) is 22.7. The average Bonchev–Trinajstić information content (AvgIpc) is 2.84. The second-order valence-electron chi connectivity index (χ2n) is 7.69. The predicted octanol–water partition coefficient (Wildman–Crippen LogP) is 4.38. The number of nitrogens with zero attached hydrogens (tertiary/aromatic N) is 2. The third kappa shape index (κ3) is 2.73. The Hall–Kier alpha value is -2.67. The van der Waals surface area contributed by atoms with E-state index in [-0.39, 0.29) is 11.6 Å². The summed E-state index contributed by atoms with van der Waals surface area (Å²) in [5.41, 5.74) is 1.86. The lowest BCUT2D eigenvalue weighted by Crippen LogP contribution is -2.68. The number of hydrogen-bond acceptors (Lipinski definition) is 4. The summed E-state index contributed by atoms with van der Waals surface area (Å²) in [4.78, 5) is 25.3. The monoisotopic (exact) mass is 441 g/mol. The van der Waals surface area contributed by atoms with Gasteiger partial charge in [-0.05, 0) is 35.4 Å². The molecule has 0 unspecified atom stereocenters. The van der Waals surface area contributed by atoms with E-state index in [4.69, 9.17) is 0 Å². The number of non-ortho nitro benzene ring substituents is 1. The van der Waals surface area contributed by atoms with E-state index in [2.05, 4.69) is 52.1 Å². The number of amides is 1. The van der Waals surface area contributed by atoms with Crippen LogP contribution in [0.3, 0.4) is 0 Å². The van der Waals surface area contributed by atoms with Crippen molar-refractivity contribution >= 4 is 39.3 Å². The molecule has 1 saturated heterocycles. The number of halogens is 1. The lowest BCUT2D eigenvalue weighted by atomic mass is 9.74. The van der Waals surface area contributed by atoms with E-state index in [0.717, 1.165) is 21.3 Å². The second kappa shape index (κ2) is 6.44. The Bertz CT molecular complexity index is 1020. The molecule has 2 aliphatic rings. The van der Waals surface area contributed by atoms with Crippen molar-refractivity contribution in [1.29, 1.82) is 0 Å². The number of rotatable bonds is 3. The maximum absolute atomic E-state index is 12.4. The van der Waals surface area contributed by atoms with Crippen LogP contribution in [0.2, 0.25) is 0 Å². The number of carbonyl (C=O) groups is 1. The Morgan fingerprint density at radius 2 is 2.04 bits per heavy atom. The second-order valence-corrected chi connectivity index (χ2v) is 8.60. The van der Waals surface area contributed by atoms with Crippen molar-refractivity contribution in [1.82, 2.24) is 5.32 Å². The average molecular weight is 442 g/mol. The number of nitrogens with one attached hydrogen (secondary N) is 1. The summed E-state index contributed by atoms with van der Waals surface area (Å²) >= 11 is 3.55. The summed E-state index contributed by atoms with van der Waals surface area (Å²) in [5.74, 6) is -0.000103. The van der Waals surface area contributed by atoms with Crippen LogP contribution in [-0.2, 0) is 10.2 Å². The van der Waals surface area contributed by atoms with Gasteiger partial charge >= 0.3 is 0 Å². The Balaban J connectivity index is 1.83. The van der Waals surface area contributed by atoms with Gasteiger partial charge < -0.3 is 10.2 Å². The van der Waals surface area contributed by atoms with Crippen LogP contribution < -0.4 is 10.2 Å². The van der Waals surface area contributed by atoms with Gasteiger partial charge in [-0.2, -0.15) is 0 Å². The lowest BCUT2D eigenvalue weighted by molar-refractivity contribution is -0.384. The molecular formula is C21H20BrN3O3. The SMILES string of the molecule is CC1(C)c2cc(Br)ccc2N2CCC(=O)N[C@@]21/C=C/c1cccc([N+](=O)[O-])c1. The summed E-state index contributed by atoms with van der Waals surface area (Å²) in [6.45, 7) is 4.84. The number of hydrogen-bond donors (Lipinski definition) is 1. The van der Waals surface area contributed by atoms with Crippen LogP contribution in [0.4, 0.5) is 11.4 Å². The van der Waals surface area contributed by atoms with Gasteiger partial charge in [-0.25, -0.2) is 0 Å². The minimum Gasteiger partial charge on any atom is -0.344 e. The summed E-state index contributed by atoms with van der Waals surface area (Å²) in [6, 6.07) is 12.7. The van der Waals surface area contributed by atoms with Gasteiger partial charge in [0.1, 0.15) is 5.66 Å². The van der Waals surface area contributed by atoms with Crippen LogP contribution in [0, 0.1) is 10.1 Å². The molecule has 0 radical (unpaired) electrons. The fraction of sp³-hybridized carbons (Fsp3) is 0.286. The number of nitro benzene ring substituents is 1. The fourth-order valence-corrected chi connectivity index (χ4v) is 4.65. The molecule has 6 nitrogen and oxygen atoms in total. The molecule has 0 aromatic heterocycles. The molecule has 1 fully saturated rings. The first-order valence-electron chi connectivity index (χ1n) is 9.07. The molecule has 1 N–H and O–H groups in total. The zero-order valence-corrected chi connectivity index (χ0v) is 17.2. The molecule has 2 aromatic carbocycles. The Morgan fingerprint density at radius 3 is 2.79 bits per heavy atom. The lowest BCUT2D eigenvalue weighted by Gasteiger charge is -2.49. The minimum atomic E-state index is -0.740. The van der Waals surface area contributed by atoms with E-state index in [1.807, 2.05) is 24.3 Å². The van der Waals surface area contributed by atoms with Gasteiger partial charge in [-0.3, -0.25) is 14.9 Å². The molecule has 1 atom stereocenters. The van der Waals surface area contributed by atoms with Crippen LogP contribution in [0.5, 0.6) is 0 Å². The number of carbonyl (C=O) groups excluding carboxylic acids is 1. The van der Waals surface area contributed by atoms with Crippen LogP contribution in [0.1, 0.15) is 31.4 Å². The topological polar surface area (TPSA) is 75.5 Å². The highest BCUT2D eigenvalue weighted by molar-refractivity contribution is 9.10. The van der Waals surface area contributed by atoms with Gasteiger partial charge in [0.2, 0.25) is 5.91 Å². The molecule has 1 amide bonds. The number of fused-ring (bicyclic) bond motifs is 3. The molecule has 4 rings (SSSR count). The standard InChI is InChI=1S/C21H20BrN3O3/c1-20(2)17-13-15(22)6-7-18(17)24-11-9-19(26)23-21(20,24)10-8-14-4-3-5-16(12-14)25(27)28/h3-8,10,12-13H,9,11H2,1-2H3,(H,23,26)/b10-8+/t21-/m0/s1. The first-order chi connectivity index (χ1) is 13.2. The van der Waals surface area contributed by atoms with Crippen LogP contribution in [-0.4, -0.2) is 23.0 Å². The van der Waals surface area contributed by atoms with E-state index in [1.54, 1.807) is 6.07 Å². The third-order valence-corrected chi connectivity index (χ3v) is 6.29. The van der Waals surface area contributed by atoms with E-state index < -0.39 is 16.0 Å². The number of anilines is 1. The first-order valence-corrected chi connectivity index (χ1v) is 9.86. The highest BCUT2D eigenvalue weighted by Gasteiger charge is 2.57. The van der Waals surface area contributed by atoms with Gasteiger partial charge in [-0.1, -0.05) is 48.0 Å². The molecule has 2 heterocycles. The van der Waals surface area contributed by atoms with E-state index >= 15 is 0 Å². The quantitative estimate of drug-likeness (QED) is 0.566. The molecule has 0 spiro atoms. The van der Waals surface area contributed by atoms with Crippen molar-refractivity contribution in [2.75, 3.05) is 11.4 Å². The first kappa shape index (κ1) is 18.7. The highest BCUT2D eigenvalue weighted by atomic mass is 79.9. The molecule has 7 heteroatoms. The van der Waals surface area contributed by atoms with Gasteiger partial charge in [0.25, 0.3) is 5.69 Å². The molecule has 28 heavy (non-hydrogen) atoms. The third-order valence-electron chi connectivity index (χ3n) is 5.79. The highest BCUT2D eigenvalue weighted by Crippen LogP contribution is 2.53. The Labute approximate surface area is 171 Å². The van der Waals surface area contributed by atoms with E-state index in [1.165, 1.54) is 12.1 Å². The molecule has 2 aliphatic heterocycles. The maximum atomic E-state index is 12.4. The molecule has 0 saturated carbocycles. The van der Waals surface area contributed by atoms with Gasteiger partial charge in [-0.15, -0.1) is 0 Å². The number of nitro groups is 1. The molecule has 0 bridgehead atoms. The zero-order chi connectivity index (χ0) is 20.1. The van der Waals surface area contributed by atoms with Crippen LogP contribution in [0.15, 0.2) is 53.0 Å². The van der Waals surface area contributed by atoms with Crippen LogP contribution >= 0.6 is 15.9 Å². The summed E-state index contributed by atoms with van der Waals surface area (Å²) in [7, 11) is 0. The largest absolute Gasteiger partial charge is 0.344 e. The minimum absolute atomic E-state index is 0.000103. The van der Waals surface area contributed by atoms with Crippen molar-refractivity contribution in [3.05, 3.63) is 74.3 Å². The maximum Gasteiger partial charge on any atom is 0.270 e. The molecule has 2 aromatic rings.